The van der Waals surface area contributed by atoms with Gasteiger partial charge in [-0.05, 0) is 36.4 Å². The third kappa shape index (κ3) is 3.33. The number of benzene rings is 2. The highest BCUT2D eigenvalue weighted by Gasteiger charge is 2.25. The van der Waals surface area contributed by atoms with Crippen LogP contribution in [0.2, 0.25) is 0 Å². The van der Waals surface area contributed by atoms with E-state index in [2.05, 4.69) is 4.99 Å². The molecule has 1 atom stereocenters. The third-order valence-corrected chi connectivity index (χ3v) is 4.05. The van der Waals surface area contributed by atoms with Crippen LogP contribution in [0.5, 0.6) is 23.0 Å². The summed E-state index contributed by atoms with van der Waals surface area (Å²) in [4.78, 5) is 4.51. The molecule has 2 aromatic carbocycles. The van der Waals surface area contributed by atoms with Gasteiger partial charge >= 0.3 is 0 Å². The molecule has 0 bridgehead atoms. The van der Waals surface area contributed by atoms with E-state index in [9.17, 15) is 0 Å². The maximum Gasteiger partial charge on any atom is 0.216 e. The minimum Gasteiger partial charge on any atom is -0.497 e. The average molecular weight is 343 g/mol. The molecule has 1 unspecified atom stereocenters. The highest BCUT2D eigenvalue weighted by atomic mass is 16.5. The fourth-order valence-electron chi connectivity index (χ4n) is 2.73. The van der Waals surface area contributed by atoms with Crippen LogP contribution >= 0.6 is 0 Å². The van der Waals surface area contributed by atoms with Crippen LogP contribution in [-0.4, -0.2) is 40.9 Å². The molecule has 25 heavy (non-hydrogen) atoms. The largest absolute Gasteiger partial charge is 0.497 e. The van der Waals surface area contributed by atoms with E-state index >= 15 is 0 Å². The minimum absolute atomic E-state index is 0.203. The Balaban J connectivity index is 1.82. The van der Waals surface area contributed by atoms with Crippen LogP contribution < -0.4 is 18.9 Å². The second kappa shape index (κ2) is 7.34. The Morgan fingerprint density at radius 1 is 0.880 bits per heavy atom. The minimum atomic E-state index is -0.203. The molecule has 0 spiro atoms. The van der Waals surface area contributed by atoms with Gasteiger partial charge in [0.1, 0.15) is 11.9 Å². The van der Waals surface area contributed by atoms with Gasteiger partial charge in [-0.2, -0.15) is 0 Å². The molecule has 132 valence electrons. The average Bonchev–Trinajstić information content (AvgIpc) is 3.17. The van der Waals surface area contributed by atoms with Crippen molar-refractivity contribution < 1.29 is 23.7 Å². The van der Waals surface area contributed by atoms with Crippen LogP contribution in [0.25, 0.3) is 0 Å². The van der Waals surface area contributed by atoms with Crippen molar-refractivity contribution in [2.75, 3.05) is 35.0 Å². The number of hydrogen-bond acceptors (Lipinski definition) is 6. The normalized spacial score (nSPS) is 16.0. The van der Waals surface area contributed by atoms with E-state index in [4.69, 9.17) is 23.7 Å². The highest BCUT2D eigenvalue weighted by Crippen LogP contribution is 2.41. The van der Waals surface area contributed by atoms with Crippen molar-refractivity contribution >= 4 is 5.90 Å². The molecular formula is C19H21NO5. The molecule has 0 aromatic heterocycles. The fraction of sp³-hybridized carbons (Fsp3) is 0.316. The van der Waals surface area contributed by atoms with E-state index in [0.29, 0.717) is 29.7 Å². The summed E-state index contributed by atoms with van der Waals surface area (Å²) in [5.74, 6) is 3.16. The zero-order chi connectivity index (χ0) is 17.8. The quantitative estimate of drug-likeness (QED) is 0.806. The van der Waals surface area contributed by atoms with Gasteiger partial charge in [0.25, 0.3) is 0 Å². The van der Waals surface area contributed by atoms with E-state index < -0.39 is 0 Å². The molecule has 1 heterocycles. The summed E-state index contributed by atoms with van der Waals surface area (Å²) in [5, 5.41) is 0. The molecule has 1 aliphatic heterocycles. The predicted molar refractivity (Wildman–Crippen MR) is 94.3 cm³/mol. The summed E-state index contributed by atoms with van der Waals surface area (Å²) >= 11 is 0. The lowest BCUT2D eigenvalue weighted by atomic mass is 10.1. The van der Waals surface area contributed by atoms with Crippen LogP contribution in [0, 0.1) is 0 Å². The van der Waals surface area contributed by atoms with E-state index in [-0.39, 0.29) is 6.10 Å². The zero-order valence-corrected chi connectivity index (χ0v) is 14.7. The Labute approximate surface area is 147 Å². The molecule has 1 aliphatic rings. The first kappa shape index (κ1) is 17.0. The van der Waals surface area contributed by atoms with Crippen LogP contribution in [-0.2, 0) is 4.74 Å². The summed E-state index contributed by atoms with van der Waals surface area (Å²) in [7, 11) is 6.40. The predicted octanol–water partition coefficient (Wildman–Crippen LogP) is 3.24. The van der Waals surface area contributed by atoms with Crippen molar-refractivity contribution in [1.29, 1.82) is 0 Å². The molecule has 6 nitrogen and oxygen atoms in total. The first-order valence-corrected chi connectivity index (χ1v) is 7.85. The summed E-state index contributed by atoms with van der Waals surface area (Å²) in [6, 6.07) is 11.4. The van der Waals surface area contributed by atoms with Crippen molar-refractivity contribution in [3.63, 3.8) is 0 Å². The molecule has 0 N–H and O–H groups in total. The Bertz CT molecular complexity index is 745. The summed E-state index contributed by atoms with van der Waals surface area (Å²) in [5.41, 5.74) is 1.83. The van der Waals surface area contributed by atoms with E-state index in [1.165, 1.54) is 0 Å². The lowest BCUT2D eigenvalue weighted by Crippen LogP contribution is -2.07. The molecule has 6 heteroatoms. The van der Waals surface area contributed by atoms with Gasteiger partial charge in [-0.15, -0.1) is 0 Å². The van der Waals surface area contributed by atoms with Crippen molar-refractivity contribution in [3.05, 3.63) is 47.5 Å². The number of aliphatic imine (C=N–C) groups is 1. The van der Waals surface area contributed by atoms with E-state index in [0.717, 1.165) is 16.9 Å². The molecular weight excluding hydrogens is 322 g/mol. The maximum atomic E-state index is 6.04. The van der Waals surface area contributed by atoms with Gasteiger partial charge in [-0.25, -0.2) is 4.99 Å². The Morgan fingerprint density at radius 3 is 2.04 bits per heavy atom. The summed E-state index contributed by atoms with van der Waals surface area (Å²) in [6.07, 6.45) is -0.203. The second-order valence-corrected chi connectivity index (χ2v) is 5.44. The van der Waals surface area contributed by atoms with Crippen molar-refractivity contribution in [1.82, 2.24) is 0 Å². The molecule has 0 aliphatic carbocycles. The molecule has 2 aromatic rings. The van der Waals surface area contributed by atoms with Crippen LogP contribution in [0.15, 0.2) is 41.4 Å². The number of methoxy groups -OCH3 is 4. The van der Waals surface area contributed by atoms with E-state index in [1.54, 1.807) is 28.4 Å². The van der Waals surface area contributed by atoms with Gasteiger partial charge in [0, 0.05) is 11.1 Å². The molecule has 0 saturated carbocycles. The van der Waals surface area contributed by atoms with Crippen LogP contribution in [0.4, 0.5) is 0 Å². The van der Waals surface area contributed by atoms with Gasteiger partial charge in [0.05, 0.1) is 35.0 Å². The van der Waals surface area contributed by atoms with Gasteiger partial charge in [0.15, 0.2) is 11.5 Å². The third-order valence-electron chi connectivity index (χ3n) is 4.05. The topological polar surface area (TPSA) is 58.5 Å². The lowest BCUT2D eigenvalue weighted by Gasteiger charge is -2.17. The maximum absolute atomic E-state index is 6.04. The SMILES string of the molecule is COc1ccc(C2=NCC(c3cc(OC)c(OC)c(OC)c3)O2)cc1. The van der Waals surface area contributed by atoms with Crippen LogP contribution in [0.3, 0.4) is 0 Å². The van der Waals surface area contributed by atoms with Crippen molar-refractivity contribution in [3.8, 4) is 23.0 Å². The standard InChI is InChI=1S/C19H21NO5/c1-21-14-7-5-12(6-8-14)19-20-11-17(25-19)13-9-15(22-2)18(24-4)16(10-13)23-3/h5-10,17H,11H2,1-4H3. The van der Waals surface area contributed by atoms with Gasteiger partial charge in [0.2, 0.25) is 11.6 Å². The van der Waals surface area contributed by atoms with Gasteiger partial charge < -0.3 is 23.7 Å². The molecule has 3 rings (SSSR count). The summed E-state index contributed by atoms with van der Waals surface area (Å²) < 4.78 is 27.4. The Hall–Kier alpha value is -2.89. The first-order chi connectivity index (χ1) is 12.2. The number of hydrogen-bond donors (Lipinski definition) is 0. The van der Waals surface area contributed by atoms with Crippen molar-refractivity contribution in [2.24, 2.45) is 4.99 Å². The number of nitrogens with zero attached hydrogens (tertiary/aromatic N) is 1. The molecule has 0 amide bonds. The molecule has 0 radical (unpaired) electrons. The zero-order valence-electron chi connectivity index (χ0n) is 14.7. The monoisotopic (exact) mass is 343 g/mol. The van der Waals surface area contributed by atoms with Gasteiger partial charge in [-0.3, -0.25) is 0 Å². The molecule has 0 saturated heterocycles. The first-order valence-electron chi connectivity index (χ1n) is 7.85. The summed E-state index contributed by atoms with van der Waals surface area (Å²) in [6.45, 7) is 0.528. The second-order valence-electron chi connectivity index (χ2n) is 5.44. The van der Waals surface area contributed by atoms with Crippen molar-refractivity contribution in [2.45, 2.75) is 6.10 Å². The van der Waals surface area contributed by atoms with Crippen LogP contribution in [0.1, 0.15) is 17.2 Å². The highest BCUT2D eigenvalue weighted by molar-refractivity contribution is 5.95. The van der Waals surface area contributed by atoms with E-state index in [1.807, 2.05) is 36.4 Å². The number of ether oxygens (including phenoxy) is 5. The smallest absolute Gasteiger partial charge is 0.216 e. The van der Waals surface area contributed by atoms with Gasteiger partial charge in [-0.1, -0.05) is 0 Å². The number of rotatable bonds is 6. The molecule has 0 fully saturated rings. The fourth-order valence-corrected chi connectivity index (χ4v) is 2.73. The Kier molecular flexibility index (Phi) is 4.97. The lowest BCUT2D eigenvalue weighted by molar-refractivity contribution is 0.228. The Morgan fingerprint density at radius 2 is 1.52 bits per heavy atom.